The van der Waals surface area contributed by atoms with Crippen LogP contribution in [0.5, 0.6) is 0 Å². The summed E-state index contributed by atoms with van der Waals surface area (Å²) in [5, 5.41) is 9.57. The fourth-order valence-electron chi connectivity index (χ4n) is 2.16. The molecule has 0 spiro atoms. The Kier molecular flexibility index (Phi) is 5.32. The Bertz CT molecular complexity index is 1000. The number of esters is 1. The van der Waals surface area contributed by atoms with Crippen LogP contribution in [0.1, 0.15) is 26.6 Å². The minimum absolute atomic E-state index is 0.105. The first kappa shape index (κ1) is 18.3. The highest BCUT2D eigenvalue weighted by Crippen LogP contribution is 2.26. The van der Waals surface area contributed by atoms with Crippen molar-refractivity contribution in [1.82, 2.24) is 15.1 Å². The van der Waals surface area contributed by atoms with Crippen molar-refractivity contribution in [2.45, 2.75) is 6.92 Å². The average molecular weight is 388 g/mol. The molecule has 0 saturated heterocycles. The number of anilines is 3. The minimum atomic E-state index is -0.500. The molecule has 2 aromatic heterocycles. The van der Waals surface area contributed by atoms with Gasteiger partial charge in [0.05, 0.1) is 23.4 Å². The predicted molar refractivity (Wildman–Crippen MR) is 97.3 cm³/mol. The maximum absolute atomic E-state index is 12.3. The van der Waals surface area contributed by atoms with Gasteiger partial charge in [-0.15, -0.1) is 0 Å². The summed E-state index contributed by atoms with van der Waals surface area (Å²) >= 11 is 6.15. The van der Waals surface area contributed by atoms with Gasteiger partial charge in [-0.05, 0) is 25.1 Å². The van der Waals surface area contributed by atoms with Crippen molar-refractivity contribution in [3.05, 3.63) is 58.7 Å². The second-order valence-electron chi connectivity index (χ2n) is 5.38. The first-order valence-corrected chi connectivity index (χ1v) is 8.05. The van der Waals surface area contributed by atoms with Crippen molar-refractivity contribution in [3.8, 4) is 0 Å². The molecule has 0 aliphatic heterocycles. The van der Waals surface area contributed by atoms with E-state index >= 15 is 0 Å². The molecular weight excluding hydrogens is 374 g/mol. The van der Waals surface area contributed by atoms with Crippen molar-refractivity contribution >= 4 is 40.8 Å². The molecule has 0 saturated carbocycles. The van der Waals surface area contributed by atoms with E-state index in [0.717, 1.165) is 0 Å². The molecule has 0 atom stereocenters. The SMILES string of the molecule is COC(=O)c1ccc(Cl)c(Nc2cc(C(=O)Nc3cc(C)on3)ncn2)c1. The number of halogens is 1. The first-order chi connectivity index (χ1) is 13.0. The van der Waals surface area contributed by atoms with Crippen LogP contribution in [0.25, 0.3) is 0 Å². The van der Waals surface area contributed by atoms with Crippen LogP contribution in [-0.4, -0.2) is 34.1 Å². The van der Waals surface area contributed by atoms with E-state index in [4.69, 9.17) is 16.1 Å². The Morgan fingerprint density at radius 3 is 2.67 bits per heavy atom. The second kappa shape index (κ2) is 7.83. The van der Waals surface area contributed by atoms with E-state index in [-0.39, 0.29) is 11.5 Å². The smallest absolute Gasteiger partial charge is 0.337 e. The summed E-state index contributed by atoms with van der Waals surface area (Å²) in [4.78, 5) is 31.9. The summed E-state index contributed by atoms with van der Waals surface area (Å²) in [5.41, 5.74) is 0.850. The van der Waals surface area contributed by atoms with Gasteiger partial charge in [-0.2, -0.15) is 0 Å². The third kappa shape index (κ3) is 4.39. The highest BCUT2D eigenvalue weighted by Gasteiger charge is 2.13. The maximum Gasteiger partial charge on any atom is 0.337 e. The number of ether oxygens (including phenoxy) is 1. The van der Waals surface area contributed by atoms with E-state index < -0.39 is 11.9 Å². The third-order valence-electron chi connectivity index (χ3n) is 3.42. The van der Waals surface area contributed by atoms with Gasteiger partial charge >= 0.3 is 5.97 Å². The minimum Gasteiger partial charge on any atom is -0.465 e. The summed E-state index contributed by atoms with van der Waals surface area (Å²) in [6, 6.07) is 7.63. The van der Waals surface area contributed by atoms with Crippen molar-refractivity contribution in [3.63, 3.8) is 0 Å². The van der Waals surface area contributed by atoms with Gasteiger partial charge in [0.25, 0.3) is 5.91 Å². The largest absolute Gasteiger partial charge is 0.465 e. The monoisotopic (exact) mass is 387 g/mol. The van der Waals surface area contributed by atoms with Crippen LogP contribution in [0.4, 0.5) is 17.3 Å². The van der Waals surface area contributed by atoms with Crippen LogP contribution in [0.3, 0.4) is 0 Å². The molecule has 0 unspecified atom stereocenters. The lowest BCUT2D eigenvalue weighted by Gasteiger charge is -2.10. The van der Waals surface area contributed by atoms with Gasteiger partial charge in [0, 0.05) is 12.1 Å². The molecule has 0 aliphatic carbocycles. The number of nitrogens with zero attached hydrogens (tertiary/aromatic N) is 3. The summed E-state index contributed by atoms with van der Waals surface area (Å²) in [6.07, 6.45) is 1.23. The Hall–Kier alpha value is -3.46. The van der Waals surface area contributed by atoms with E-state index in [1.807, 2.05) is 0 Å². The average Bonchev–Trinajstić information content (AvgIpc) is 3.07. The van der Waals surface area contributed by atoms with E-state index in [9.17, 15) is 9.59 Å². The van der Waals surface area contributed by atoms with Crippen LogP contribution in [0, 0.1) is 6.92 Å². The van der Waals surface area contributed by atoms with Crippen molar-refractivity contribution in [1.29, 1.82) is 0 Å². The van der Waals surface area contributed by atoms with Gasteiger partial charge in [0.2, 0.25) is 0 Å². The zero-order valence-corrected chi connectivity index (χ0v) is 15.1. The number of amides is 1. The molecule has 10 heteroatoms. The van der Waals surface area contributed by atoms with E-state index in [2.05, 4.69) is 30.5 Å². The maximum atomic E-state index is 12.3. The highest BCUT2D eigenvalue weighted by atomic mass is 35.5. The number of methoxy groups -OCH3 is 1. The first-order valence-electron chi connectivity index (χ1n) is 7.68. The number of benzene rings is 1. The Labute approximate surface area is 158 Å². The van der Waals surface area contributed by atoms with Gasteiger partial charge in [0.1, 0.15) is 23.6 Å². The summed E-state index contributed by atoms with van der Waals surface area (Å²) < 4.78 is 9.58. The summed E-state index contributed by atoms with van der Waals surface area (Å²) in [7, 11) is 1.29. The normalized spacial score (nSPS) is 10.3. The number of aromatic nitrogens is 3. The molecule has 138 valence electrons. The molecule has 3 aromatic rings. The summed E-state index contributed by atoms with van der Waals surface area (Å²) in [5.74, 6) is 0.175. The van der Waals surface area contributed by atoms with Gasteiger partial charge in [0.15, 0.2) is 5.82 Å². The molecule has 27 heavy (non-hydrogen) atoms. The quantitative estimate of drug-likeness (QED) is 0.640. The van der Waals surface area contributed by atoms with Crippen molar-refractivity contribution < 1.29 is 18.8 Å². The van der Waals surface area contributed by atoms with Crippen LogP contribution in [-0.2, 0) is 4.74 Å². The number of aryl methyl sites for hydroxylation is 1. The lowest BCUT2D eigenvalue weighted by molar-refractivity contribution is 0.0600. The van der Waals surface area contributed by atoms with E-state index in [1.165, 1.54) is 31.6 Å². The van der Waals surface area contributed by atoms with Gasteiger partial charge in [-0.25, -0.2) is 14.8 Å². The Balaban J connectivity index is 1.80. The van der Waals surface area contributed by atoms with Crippen molar-refractivity contribution in [2.75, 3.05) is 17.7 Å². The van der Waals surface area contributed by atoms with Gasteiger partial charge in [-0.1, -0.05) is 16.8 Å². The van der Waals surface area contributed by atoms with E-state index in [1.54, 1.807) is 19.1 Å². The lowest BCUT2D eigenvalue weighted by Crippen LogP contribution is -2.14. The number of hydrogen-bond donors (Lipinski definition) is 2. The molecule has 2 N–H and O–H groups in total. The second-order valence-corrected chi connectivity index (χ2v) is 5.78. The van der Waals surface area contributed by atoms with Crippen LogP contribution < -0.4 is 10.6 Å². The molecule has 3 rings (SSSR count). The Morgan fingerprint density at radius 2 is 1.96 bits per heavy atom. The van der Waals surface area contributed by atoms with Gasteiger partial charge in [-0.3, -0.25) is 4.79 Å². The topological polar surface area (TPSA) is 119 Å². The molecular formula is C17H14ClN5O4. The van der Waals surface area contributed by atoms with Crippen LogP contribution in [0.15, 0.2) is 41.2 Å². The highest BCUT2D eigenvalue weighted by molar-refractivity contribution is 6.33. The zero-order valence-electron chi connectivity index (χ0n) is 14.3. The molecule has 1 amide bonds. The van der Waals surface area contributed by atoms with Crippen LogP contribution in [0.2, 0.25) is 5.02 Å². The third-order valence-corrected chi connectivity index (χ3v) is 3.75. The number of nitrogens with one attached hydrogen (secondary N) is 2. The summed E-state index contributed by atoms with van der Waals surface area (Å²) in [6.45, 7) is 1.71. The fourth-order valence-corrected chi connectivity index (χ4v) is 2.32. The molecule has 1 aromatic carbocycles. The molecule has 2 heterocycles. The molecule has 9 nitrogen and oxygen atoms in total. The van der Waals surface area contributed by atoms with E-state index in [0.29, 0.717) is 27.9 Å². The van der Waals surface area contributed by atoms with Crippen LogP contribution >= 0.6 is 11.6 Å². The molecule has 0 aliphatic rings. The number of rotatable bonds is 5. The molecule has 0 radical (unpaired) electrons. The fraction of sp³-hybridized carbons (Fsp3) is 0.118. The van der Waals surface area contributed by atoms with Gasteiger partial charge < -0.3 is 19.9 Å². The zero-order chi connectivity index (χ0) is 19.4. The number of carbonyl (C=O) groups excluding carboxylic acids is 2. The van der Waals surface area contributed by atoms with Crippen molar-refractivity contribution in [2.24, 2.45) is 0 Å². The molecule has 0 bridgehead atoms. The Morgan fingerprint density at radius 1 is 1.15 bits per heavy atom. The molecule has 0 fully saturated rings. The predicted octanol–water partition coefficient (Wildman–Crippen LogP) is 3.21. The number of hydrogen-bond acceptors (Lipinski definition) is 8. The lowest BCUT2D eigenvalue weighted by atomic mass is 10.2. The number of carbonyl (C=O) groups is 2. The standard InChI is InChI=1S/C17H14ClN5O4/c1-9-5-15(23-27-9)22-16(24)13-7-14(20-8-19-13)21-12-6-10(17(25)26-2)3-4-11(12)18/h3-8H,1-2H3,(H,19,20,21)(H,22,23,24).